The number of nitrogens with zero attached hydrogens (tertiary/aromatic N) is 1. The Balaban J connectivity index is 0.000000531. The highest BCUT2D eigenvalue weighted by atomic mass is 19.1. The van der Waals surface area contributed by atoms with E-state index in [-0.39, 0.29) is 7.24 Å². The summed E-state index contributed by atoms with van der Waals surface area (Å²) in [5.74, 6) is -0.233. The number of hydrogen-bond acceptors (Lipinski definition) is 1. The van der Waals surface area contributed by atoms with Gasteiger partial charge in [-0.25, -0.2) is 9.37 Å². The molecule has 0 spiro atoms. The third-order valence-electron chi connectivity index (χ3n) is 1.72. The van der Waals surface area contributed by atoms with Gasteiger partial charge in [0.05, 0.1) is 11.8 Å². The van der Waals surface area contributed by atoms with E-state index in [9.17, 15) is 4.39 Å². The number of nitrogens with one attached hydrogen (secondary N) is 1. The number of fused-ring (bicyclic) bond motifs is 1. The molecule has 2 nitrogen and oxygen atoms in total. The molecule has 0 aliphatic carbocycles. The maximum Gasteiger partial charge on any atom is 0.153 e. The van der Waals surface area contributed by atoms with Gasteiger partial charge in [-0.3, -0.25) is 0 Å². The normalized spacial score (nSPS) is 9.54. The van der Waals surface area contributed by atoms with Crippen molar-refractivity contribution in [1.82, 2.24) is 9.97 Å². The van der Waals surface area contributed by atoms with Gasteiger partial charge >= 0.3 is 0 Å². The summed E-state index contributed by atoms with van der Waals surface area (Å²) in [7, 11) is 0. The van der Waals surface area contributed by atoms with Crippen LogP contribution < -0.4 is 0 Å². The van der Waals surface area contributed by atoms with Crippen molar-refractivity contribution < 1.29 is 5.82 Å². The van der Waals surface area contributed by atoms with E-state index >= 15 is 0 Å². The average Bonchev–Trinajstić information content (AvgIpc) is 2.63. The molecule has 0 aliphatic rings. The molecule has 0 saturated carbocycles. The number of rotatable bonds is 0. The van der Waals surface area contributed by atoms with Gasteiger partial charge in [0.25, 0.3) is 0 Å². The number of imidazole rings is 1. The minimum atomic E-state index is -0.233. The first-order valence-electron chi connectivity index (χ1n) is 4.37. The number of aromatic nitrogens is 2. The molecular weight excluding hydrogens is 167 g/mol. The molecule has 0 amide bonds. The molecule has 0 radical (unpaired) electrons. The van der Waals surface area contributed by atoms with Crippen molar-refractivity contribution in [2.24, 2.45) is 0 Å². The van der Waals surface area contributed by atoms with Gasteiger partial charge < -0.3 is 4.98 Å². The molecule has 1 aromatic heterocycles. The van der Waals surface area contributed by atoms with Gasteiger partial charge in [-0.05, 0) is 18.6 Å². The minimum absolute atomic E-state index is 0. The molecule has 1 aromatic carbocycles. The van der Waals surface area contributed by atoms with Gasteiger partial charge in [0, 0.05) is 1.43 Å². The molecule has 1 N–H and O–H groups in total. The lowest BCUT2D eigenvalue weighted by atomic mass is 10.2. The van der Waals surface area contributed by atoms with E-state index in [0.29, 0.717) is 11.1 Å². The van der Waals surface area contributed by atoms with E-state index < -0.39 is 0 Å². The second kappa shape index (κ2) is 4.03. The molecule has 2 aromatic rings. The van der Waals surface area contributed by atoms with Crippen molar-refractivity contribution >= 4 is 11.0 Å². The van der Waals surface area contributed by atoms with Crippen LogP contribution in [0.25, 0.3) is 11.0 Å². The molecule has 0 atom stereocenters. The standard InChI is InChI=1S/C8H7FN2.C2H6.H2/c1-5-2-3-6-8(7(5)9)11-4-10-6;1-2;/h2-4H,1H3,(H,10,11);1-2H3;1H. The maximum absolute atomic E-state index is 13.1. The number of H-pyrrole nitrogens is 1. The monoisotopic (exact) mass is 182 g/mol. The van der Waals surface area contributed by atoms with E-state index in [1.54, 1.807) is 13.0 Å². The van der Waals surface area contributed by atoms with Gasteiger partial charge in [-0.2, -0.15) is 0 Å². The zero-order valence-corrected chi connectivity index (χ0v) is 8.06. The highest BCUT2D eigenvalue weighted by Gasteiger charge is 2.04. The first-order valence-corrected chi connectivity index (χ1v) is 4.37. The molecule has 2 rings (SSSR count). The van der Waals surface area contributed by atoms with Gasteiger partial charge in [-0.15, -0.1) is 0 Å². The smallest absolute Gasteiger partial charge is 0.153 e. The average molecular weight is 182 g/mol. The molecular formula is C10H15FN2. The van der Waals surface area contributed by atoms with Crippen molar-refractivity contribution in [3.05, 3.63) is 29.8 Å². The second-order valence-corrected chi connectivity index (χ2v) is 2.50. The summed E-state index contributed by atoms with van der Waals surface area (Å²) < 4.78 is 13.1. The largest absolute Gasteiger partial charge is 0.345 e. The van der Waals surface area contributed by atoms with Crippen LogP contribution in [-0.4, -0.2) is 9.97 Å². The third kappa shape index (κ3) is 1.69. The summed E-state index contributed by atoms with van der Waals surface area (Å²) in [6.07, 6.45) is 1.49. The number of aryl methyl sites for hydroxylation is 1. The van der Waals surface area contributed by atoms with Crippen LogP contribution in [0.2, 0.25) is 0 Å². The van der Waals surface area contributed by atoms with Crippen molar-refractivity contribution in [2.75, 3.05) is 0 Å². The Bertz CT molecular complexity index is 398. The maximum atomic E-state index is 13.1. The van der Waals surface area contributed by atoms with Gasteiger partial charge in [-0.1, -0.05) is 19.9 Å². The van der Waals surface area contributed by atoms with Crippen LogP contribution in [0.15, 0.2) is 18.5 Å². The van der Waals surface area contributed by atoms with Crippen LogP contribution in [0.4, 0.5) is 4.39 Å². The molecule has 0 unspecified atom stereocenters. The first kappa shape index (κ1) is 9.71. The quantitative estimate of drug-likeness (QED) is 0.665. The highest BCUT2D eigenvalue weighted by Crippen LogP contribution is 2.16. The van der Waals surface area contributed by atoms with Gasteiger partial charge in [0.15, 0.2) is 5.82 Å². The molecule has 0 bridgehead atoms. The first-order chi connectivity index (χ1) is 6.29. The van der Waals surface area contributed by atoms with E-state index in [0.717, 1.165) is 5.52 Å². The lowest BCUT2D eigenvalue weighted by Crippen LogP contribution is -1.82. The molecule has 1 heterocycles. The summed E-state index contributed by atoms with van der Waals surface area (Å²) in [6.45, 7) is 5.73. The SMILES string of the molecule is CC.Cc1ccc2[nH]cnc2c1F.[HH]. The van der Waals surface area contributed by atoms with Crippen LogP contribution in [0.1, 0.15) is 20.8 Å². The summed E-state index contributed by atoms with van der Waals surface area (Å²) in [5.41, 5.74) is 1.79. The fraction of sp³-hybridized carbons (Fsp3) is 0.300. The Morgan fingerprint density at radius 3 is 2.77 bits per heavy atom. The van der Waals surface area contributed by atoms with Crippen molar-refractivity contribution in [1.29, 1.82) is 0 Å². The molecule has 0 aliphatic heterocycles. The number of hydrogen-bond donors (Lipinski definition) is 1. The van der Waals surface area contributed by atoms with Crippen molar-refractivity contribution in [2.45, 2.75) is 20.8 Å². The summed E-state index contributed by atoms with van der Waals surface area (Å²) in [5, 5.41) is 0. The fourth-order valence-electron chi connectivity index (χ4n) is 1.07. The van der Waals surface area contributed by atoms with Crippen molar-refractivity contribution in [3.63, 3.8) is 0 Å². The zero-order chi connectivity index (χ0) is 9.84. The number of aromatic amines is 1. The summed E-state index contributed by atoms with van der Waals surface area (Å²) in [4.78, 5) is 6.68. The molecule has 0 saturated heterocycles. The summed E-state index contributed by atoms with van der Waals surface area (Å²) in [6, 6.07) is 3.55. The Kier molecular flexibility index (Phi) is 3.01. The van der Waals surface area contributed by atoms with Crippen LogP contribution in [0.5, 0.6) is 0 Å². The molecule has 13 heavy (non-hydrogen) atoms. The van der Waals surface area contributed by atoms with E-state index in [1.807, 2.05) is 19.9 Å². The van der Waals surface area contributed by atoms with E-state index in [1.165, 1.54) is 6.33 Å². The fourth-order valence-corrected chi connectivity index (χ4v) is 1.07. The van der Waals surface area contributed by atoms with E-state index in [2.05, 4.69) is 9.97 Å². The predicted octanol–water partition coefficient (Wildman–Crippen LogP) is 3.28. The lowest BCUT2D eigenvalue weighted by molar-refractivity contribution is 0.628. The highest BCUT2D eigenvalue weighted by molar-refractivity contribution is 5.75. The molecule has 72 valence electrons. The Morgan fingerprint density at radius 1 is 1.38 bits per heavy atom. The number of benzene rings is 1. The lowest BCUT2D eigenvalue weighted by Gasteiger charge is -1.94. The Morgan fingerprint density at radius 2 is 2.08 bits per heavy atom. The topological polar surface area (TPSA) is 28.7 Å². The van der Waals surface area contributed by atoms with E-state index in [4.69, 9.17) is 0 Å². The Labute approximate surface area is 78.3 Å². The molecule has 0 fully saturated rings. The summed E-state index contributed by atoms with van der Waals surface area (Å²) >= 11 is 0. The van der Waals surface area contributed by atoms with Crippen LogP contribution in [0, 0.1) is 12.7 Å². The van der Waals surface area contributed by atoms with Gasteiger partial charge in [0.1, 0.15) is 5.52 Å². The zero-order valence-electron chi connectivity index (χ0n) is 8.06. The number of halogens is 1. The molecule has 3 heteroatoms. The third-order valence-corrected chi connectivity index (χ3v) is 1.72. The van der Waals surface area contributed by atoms with Crippen LogP contribution in [0.3, 0.4) is 0 Å². The van der Waals surface area contributed by atoms with Crippen LogP contribution >= 0.6 is 0 Å². The Hall–Kier alpha value is -1.38. The minimum Gasteiger partial charge on any atom is -0.345 e. The second-order valence-electron chi connectivity index (χ2n) is 2.50. The van der Waals surface area contributed by atoms with Crippen molar-refractivity contribution in [3.8, 4) is 0 Å². The van der Waals surface area contributed by atoms with Gasteiger partial charge in [0.2, 0.25) is 0 Å². The predicted molar refractivity (Wildman–Crippen MR) is 54.3 cm³/mol. The van der Waals surface area contributed by atoms with Crippen LogP contribution in [-0.2, 0) is 0 Å².